The highest BCUT2D eigenvalue weighted by Gasteiger charge is 2.37. The molecule has 0 aromatic heterocycles. The van der Waals surface area contributed by atoms with Gasteiger partial charge in [-0.15, -0.1) is 0 Å². The van der Waals surface area contributed by atoms with Crippen molar-refractivity contribution in [2.75, 3.05) is 73.0 Å². The molecule has 0 saturated carbocycles. The summed E-state index contributed by atoms with van der Waals surface area (Å²) in [5.74, 6) is -2.46. The van der Waals surface area contributed by atoms with E-state index in [1.165, 1.54) is 7.05 Å². The van der Waals surface area contributed by atoms with E-state index in [2.05, 4.69) is 5.32 Å². The van der Waals surface area contributed by atoms with Crippen LogP contribution in [0.3, 0.4) is 0 Å². The van der Waals surface area contributed by atoms with Crippen LogP contribution in [0.4, 0.5) is 4.79 Å². The number of rotatable bonds is 18. The number of hydrogen-bond donors (Lipinski definition) is 2. The van der Waals surface area contributed by atoms with Crippen LogP contribution >= 0.6 is 0 Å². The molecule has 1 rings (SSSR count). The average Bonchev–Trinajstić information content (AvgIpc) is 2.86. The van der Waals surface area contributed by atoms with Crippen LogP contribution in [-0.2, 0) is 42.8 Å². The maximum absolute atomic E-state index is 12.2. The normalized spacial score (nSPS) is 14.9. The second-order valence-electron chi connectivity index (χ2n) is 7.57. The van der Waals surface area contributed by atoms with Gasteiger partial charge in [0.1, 0.15) is 13.2 Å². The molecule has 0 atom stereocenters. The van der Waals surface area contributed by atoms with E-state index in [0.29, 0.717) is 32.4 Å². The number of piperidine rings is 1. The summed E-state index contributed by atoms with van der Waals surface area (Å²) in [6.45, 7) is 4.17. The Morgan fingerprint density at radius 2 is 1.37 bits per heavy atom. The van der Waals surface area contributed by atoms with Crippen LogP contribution in [0.15, 0.2) is 0 Å². The summed E-state index contributed by atoms with van der Waals surface area (Å²) >= 11 is 0. The molecule has 0 aromatic rings. The summed E-state index contributed by atoms with van der Waals surface area (Å²) in [6.07, 6.45) is 0.321. The van der Waals surface area contributed by atoms with Crippen molar-refractivity contribution in [1.29, 1.82) is 0 Å². The Bertz CT molecular complexity index is 619. The van der Waals surface area contributed by atoms with Crippen LogP contribution in [0, 0.1) is 0 Å². The van der Waals surface area contributed by atoms with Gasteiger partial charge >= 0.3 is 18.0 Å². The van der Waals surface area contributed by atoms with Crippen molar-refractivity contribution in [1.82, 2.24) is 10.2 Å². The standard InChI is InChI=1S/C22H38N2O11/c1-3-20(28)32-14-10-30-12-16-34-22(35-17-13-31-11-15-33-21(29)23-2)6-8-24(9-7-22)18(25)4-5-19(26)27/h3-17H2,1-2H3,(H,23,29)(H,26,27). The molecule has 0 radical (unpaired) electrons. The maximum Gasteiger partial charge on any atom is 0.406 e. The Morgan fingerprint density at radius 1 is 0.829 bits per heavy atom. The molecule has 1 heterocycles. The van der Waals surface area contributed by atoms with Crippen molar-refractivity contribution < 1.29 is 52.7 Å². The van der Waals surface area contributed by atoms with Crippen molar-refractivity contribution in [3.63, 3.8) is 0 Å². The zero-order valence-corrected chi connectivity index (χ0v) is 20.6. The summed E-state index contributed by atoms with van der Waals surface area (Å²) < 4.78 is 32.6. The van der Waals surface area contributed by atoms with E-state index in [1.807, 2.05) is 0 Å². The number of carbonyl (C=O) groups is 4. The van der Waals surface area contributed by atoms with Gasteiger partial charge in [0.25, 0.3) is 0 Å². The SMILES string of the molecule is CCC(=O)OCCOCCOC1(OCCOCCOC(=O)NC)CCN(C(=O)CCC(=O)O)CC1. The van der Waals surface area contributed by atoms with Gasteiger partial charge in [0.05, 0.1) is 46.1 Å². The van der Waals surface area contributed by atoms with Gasteiger partial charge in [-0.25, -0.2) is 4.79 Å². The van der Waals surface area contributed by atoms with Crippen molar-refractivity contribution in [3.8, 4) is 0 Å². The van der Waals surface area contributed by atoms with Gasteiger partial charge in [-0.2, -0.15) is 0 Å². The van der Waals surface area contributed by atoms with Gasteiger partial charge in [-0.3, -0.25) is 14.4 Å². The minimum Gasteiger partial charge on any atom is -0.481 e. The Kier molecular flexibility index (Phi) is 15.6. The Labute approximate surface area is 205 Å². The van der Waals surface area contributed by atoms with E-state index in [9.17, 15) is 19.2 Å². The van der Waals surface area contributed by atoms with Gasteiger partial charge in [0.15, 0.2) is 5.79 Å². The summed E-state index contributed by atoms with van der Waals surface area (Å²) in [5.41, 5.74) is 0. The molecule has 1 fully saturated rings. The number of likely N-dealkylation sites (tertiary alicyclic amines) is 1. The monoisotopic (exact) mass is 506 g/mol. The molecule has 13 nitrogen and oxygen atoms in total. The summed E-state index contributed by atoms with van der Waals surface area (Å²) in [7, 11) is 1.47. The second kappa shape index (κ2) is 17.9. The summed E-state index contributed by atoms with van der Waals surface area (Å²) in [6, 6.07) is 0. The molecule has 1 aliphatic heterocycles. The number of carboxylic acids is 1. The van der Waals surface area contributed by atoms with Crippen molar-refractivity contribution in [2.24, 2.45) is 0 Å². The van der Waals surface area contributed by atoms with Crippen LogP contribution in [-0.4, -0.2) is 113 Å². The van der Waals surface area contributed by atoms with E-state index >= 15 is 0 Å². The topological polar surface area (TPSA) is 159 Å². The van der Waals surface area contributed by atoms with E-state index < -0.39 is 17.8 Å². The number of hydrogen-bond acceptors (Lipinski definition) is 10. The molecule has 13 heteroatoms. The van der Waals surface area contributed by atoms with Gasteiger partial charge in [0, 0.05) is 45.8 Å². The van der Waals surface area contributed by atoms with Gasteiger partial charge in [-0.05, 0) is 0 Å². The van der Waals surface area contributed by atoms with Crippen molar-refractivity contribution in [3.05, 3.63) is 0 Å². The molecule has 0 aliphatic carbocycles. The van der Waals surface area contributed by atoms with Crippen molar-refractivity contribution >= 4 is 23.9 Å². The van der Waals surface area contributed by atoms with E-state index in [0.717, 1.165) is 0 Å². The van der Waals surface area contributed by atoms with Crippen LogP contribution < -0.4 is 5.32 Å². The Balaban J connectivity index is 2.42. The molecule has 202 valence electrons. The number of ether oxygens (including phenoxy) is 6. The molecular weight excluding hydrogens is 468 g/mol. The lowest BCUT2D eigenvalue weighted by Gasteiger charge is -2.41. The summed E-state index contributed by atoms with van der Waals surface area (Å²) in [5, 5.41) is 11.1. The highest BCUT2D eigenvalue weighted by atomic mass is 16.7. The number of nitrogens with zero attached hydrogens (tertiary/aromatic N) is 1. The van der Waals surface area contributed by atoms with Gasteiger partial charge < -0.3 is 43.7 Å². The van der Waals surface area contributed by atoms with Crippen molar-refractivity contribution in [2.45, 2.75) is 44.8 Å². The fourth-order valence-corrected chi connectivity index (χ4v) is 3.16. The van der Waals surface area contributed by atoms with Gasteiger partial charge in [0.2, 0.25) is 5.91 Å². The Morgan fingerprint density at radius 3 is 1.89 bits per heavy atom. The lowest BCUT2D eigenvalue weighted by Crippen LogP contribution is -2.50. The minimum atomic E-state index is -1.01. The molecule has 2 amide bonds. The maximum atomic E-state index is 12.2. The number of carboxylic acid groups (broad SMARTS) is 1. The zero-order valence-electron chi connectivity index (χ0n) is 20.6. The third-order valence-electron chi connectivity index (χ3n) is 5.06. The third-order valence-corrected chi connectivity index (χ3v) is 5.06. The first kappa shape index (κ1) is 30.6. The van der Waals surface area contributed by atoms with Gasteiger partial charge in [-0.1, -0.05) is 6.92 Å². The molecular formula is C22H38N2O11. The van der Waals surface area contributed by atoms with Crippen LogP contribution in [0.5, 0.6) is 0 Å². The number of carbonyl (C=O) groups excluding carboxylic acids is 3. The fraction of sp³-hybridized carbons (Fsp3) is 0.818. The van der Waals surface area contributed by atoms with Crippen LogP contribution in [0.2, 0.25) is 0 Å². The molecule has 0 aromatic carbocycles. The minimum absolute atomic E-state index is 0.0491. The van der Waals surface area contributed by atoms with Crippen LogP contribution in [0.1, 0.15) is 39.0 Å². The highest BCUT2D eigenvalue weighted by Crippen LogP contribution is 2.28. The third kappa shape index (κ3) is 13.9. The predicted molar refractivity (Wildman–Crippen MR) is 121 cm³/mol. The largest absolute Gasteiger partial charge is 0.481 e. The fourth-order valence-electron chi connectivity index (χ4n) is 3.16. The first-order valence-corrected chi connectivity index (χ1v) is 11.7. The number of nitrogens with one attached hydrogen (secondary N) is 1. The molecule has 0 spiro atoms. The first-order valence-electron chi connectivity index (χ1n) is 11.7. The Hall–Kier alpha value is -2.48. The lowest BCUT2D eigenvalue weighted by atomic mass is 10.0. The molecule has 1 saturated heterocycles. The lowest BCUT2D eigenvalue weighted by molar-refractivity contribution is -0.263. The average molecular weight is 507 g/mol. The zero-order chi connectivity index (χ0) is 25.9. The number of amides is 2. The summed E-state index contributed by atoms with van der Waals surface area (Å²) in [4.78, 5) is 46.7. The number of alkyl carbamates (subject to hydrolysis) is 1. The number of aliphatic carboxylic acids is 1. The van der Waals surface area contributed by atoms with E-state index in [4.69, 9.17) is 33.5 Å². The molecule has 35 heavy (non-hydrogen) atoms. The molecule has 2 N–H and O–H groups in total. The van der Waals surface area contributed by atoms with E-state index in [-0.39, 0.29) is 77.6 Å². The molecule has 1 aliphatic rings. The van der Waals surface area contributed by atoms with E-state index in [1.54, 1.807) is 11.8 Å². The quantitative estimate of drug-likeness (QED) is 0.152. The predicted octanol–water partition coefficient (Wildman–Crippen LogP) is 0.546. The first-order chi connectivity index (χ1) is 16.8. The highest BCUT2D eigenvalue weighted by molar-refractivity contribution is 5.80. The molecule has 0 unspecified atom stereocenters. The number of esters is 1. The van der Waals surface area contributed by atoms with Crippen LogP contribution in [0.25, 0.3) is 0 Å². The second-order valence-corrected chi connectivity index (χ2v) is 7.57. The smallest absolute Gasteiger partial charge is 0.406 e. The molecule has 0 bridgehead atoms.